The molecule has 1 saturated carbocycles. The summed E-state index contributed by atoms with van der Waals surface area (Å²) in [6, 6.07) is 0. The Morgan fingerprint density at radius 3 is 2.14 bits per heavy atom. The van der Waals surface area contributed by atoms with Crippen molar-refractivity contribution in [2.45, 2.75) is 70.6 Å². The second-order valence-corrected chi connectivity index (χ2v) is 5.38. The normalized spacial score (nSPS) is 20.6. The van der Waals surface area contributed by atoms with Gasteiger partial charge in [0.2, 0.25) is 0 Å². The maximum Gasteiger partial charge on any atom is 0.0364 e. The van der Waals surface area contributed by atoms with E-state index in [1.165, 1.54) is 51.4 Å². The Bertz CT molecular complexity index is 134. The molecule has 0 aromatic rings. The zero-order valence-corrected chi connectivity index (χ0v) is 10.5. The number of hydrogen-bond donors (Lipinski definition) is 0. The third-order valence-corrected chi connectivity index (χ3v) is 4.49. The first-order valence-electron chi connectivity index (χ1n) is 6.42. The highest BCUT2D eigenvalue weighted by Gasteiger charge is 2.23. The molecule has 0 aromatic carbocycles. The minimum Gasteiger partial charge on any atom is -0.123 e. The Kier molecular flexibility index (Phi) is 5.93. The summed E-state index contributed by atoms with van der Waals surface area (Å²) in [6.07, 6.45) is 10.8. The average molecular weight is 217 g/mol. The lowest BCUT2D eigenvalue weighted by Crippen LogP contribution is -2.13. The van der Waals surface area contributed by atoms with Gasteiger partial charge in [-0.25, -0.2) is 0 Å². The molecule has 0 radical (unpaired) electrons. The zero-order valence-electron chi connectivity index (χ0n) is 9.77. The highest BCUT2D eigenvalue weighted by atomic mass is 35.5. The quantitative estimate of drug-likeness (QED) is 0.548. The van der Waals surface area contributed by atoms with Gasteiger partial charge in [-0.3, -0.25) is 0 Å². The molecule has 0 aliphatic heterocycles. The Morgan fingerprint density at radius 1 is 1.07 bits per heavy atom. The third-order valence-electron chi connectivity index (χ3n) is 3.92. The number of rotatable bonds is 6. The largest absolute Gasteiger partial charge is 0.123 e. The molecule has 1 unspecified atom stereocenters. The molecule has 1 aliphatic rings. The molecule has 0 spiro atoms. The van der Waals surface area contributed by atoms with Crippen LogP contribution in [0, 0.1) is 11.8 Å². The van der Waals surface area contributed by atoms with Crippen molar-refractivity contribution < 1.29 is 0 Å². The van der Waals surface area contributed by atoms with Crippen LogP contribution in [0.2, 0.25) is 0 Å². The molecule has 84 valence electrons. The SMILES string of the molecule is CCC(CC)CCC(Cl)C1CCCC1. The standard InChI is InChI=1S/C13H25Cl/c1-3-11(4-2)9-10-13(14)12-7-5-6-8-12/h11-13H,3-10H2,1-2H3. The van der Waals surface area contributed by atoms with Crippen molar-refractivity contribution in [2.24, 2.45) is 11.8 Å². The first-order chi connectivity index (χ1) is 6.77. The van der Waals surface area contributed by atoms with Crippen molar-refractivity contribution in [1.29, 1.82) is 0 Å². The Labute approximate surface area is 94.4 Å². The molecular weight excluding hydrogens is 192 g/mol. The first-order valence-corrected chi connectivity index (χ1v) is 6.85. The highest BCUT2D eigenvalue weighted by molar-refractivity contribution is 6.20. The van der Waals surface area contributed by atoms with E-state index in [1.54, 1.807) is 0 Å². The monoisotopic (exact) mass is 216 g/mol. The molecule has 1 fully saturated rings. The van der Waals surface area contributed by atoms with Crippen LogP contribution in [0.3, 0.4) is 0 Å². The van der Waals surface area contributed by atoms with Crippen molar-refractivity contribution in [3.05, 3.63) is 0 Å². The van der Waals surface area contributed by atoms with E-state index in [9.17, 15) is 0 Å². The number of hydrogen-bond acceptors (Lipinski definition) is 0. The molecule has 1 heteroatoms. The molecule has 1 atom stereocenters. The van der Waals surface area contributed by atoms with Gasteiger partial charge in [-0.1, -0.05) is 39.5 Å². The fourth-order valence-electron chi connectivity index (χ4n) is 2.65. The molecule has 0 bridgehead atoms. The fourth-order valence-corrected chi connectivity index (χ4v) is 3.02. The predicted molar refractivity (Wildman–Crippen MR) is 64.9 cm³/mol. The van der Waals surface area contributed by atoms with Crippen LogP contribution in [-0.2, 0) is 0 Å². The van der Waals surface area contributed by atoms with Crippen molar-refractivity contribution in [3.63, 3.8) is 0 Å². The van der Waals surface area contributed by atoms with Crippen LogP contribution in [-0.4, -0.2) is 5.38 Å². The molecule has 0 aromatic heterocycles. The average Bonchev–Trinajstić information content (AvgIpc) is 2.72. The van der Waals surface area contributed by atoms with Crippen LogP contribution in [0.15, 0.2) is 0 Å². The van der Waals surface area contributed by atoms with E-state index in [2.05, 4.69) is 13.8 Å². The minimum atomic E-state index is 0.470. The highest BCUT2D eigenvalue weighted by Crippen LogP contribution is 2.33. The molecule has 0 amide bonds. The zero-order chi connectivity index (χ0) is 10.4. The van der Waals surface area contributed by atoms with Crippen molar-refractivity contribution in [3.8, 4) is 0 Å². The summed E-state index contributed by atoms with van der Waals surface area (Å²) >= 11 is 6.45. The van der Waals surface area contributed by atoms with E-state index >= 15 is 0 Å². The molecule has 0 saturated heterocycles. The van der Waals surface area contributed by atoms with Crippen LogP contribution in [0.4, 0.5) is 0 Å². The van der Waals surface area contributed by atoms with Gasteiger partial charge in [0, 0.05) is 5.38 Å². The van der Waals surface area contributed by atoms with Gasteiger partial charge >= 0.3 is 0 Å². The Balaban J connectivity index is 2.15. The molecule has 0 heterocycles. The molecule has 0 N–H and O–H groups in total. The van der Waals surface area contributed by atoms with Crippen LogP contribution >= 0.6 is 11.6 Å². The summed E-state index contributed by atoms with van der Waals surface area (Å²) in [5.41, 5.74) is 0. The van der Waals surface area contributed by atoms with Gasteiger partial charge < -0.3 is 0 Å². The maximum absolute atomic E-state index is 6.45. The van der Waals surface area contributed by atoms with E-state index in [1.807, 2.05) is 0 Å². The van der Waals surface area contributed by atoms with Gasteiger partial charge in [0.1, 0.15) is 0 Å². The molecule has 0 nitrogen and oxygen atoms in total. The van der Waals surface area contributed by atoms with Gasteiger partial charge in [-0.05, 0) is 37.5 Å². The van der Waals surface area contributed by atoms with Gasteiger partial charge in [0.25, 0.3) is 0 Å². The molecule has 1 rings (SSSR count). The van der Waals surface area contributed by atoms with E-state index in [4.69, 9.17) is 11.6 Å². The number of alkyl halides is 1. The lowest BCUT2D eigenvalue weighted by Gasteiger charge is -2.19. The first kappa shape index (κ1) is 12.4. The van der Waals surface area contributed by atoms with E-state index in [-0.39, 0.29) is 0 Å². The molecule has 1 aliphatic carbocycles. The molecular formula is C13H25Cl. The van der Waals surface area contributed by atoms with Crippen molar-refractivity contribution in [2.75, 3.05) is 0 Å². The maximum atomic E-state index is 6.45. The smallest absolute Gasteiger partial charge is 0.0364 e. The van der Waals surface area contributed by atoms with Crippen molar-refractivity contribution >= 4 is 11.6 Å². The lowest BCUT2D eigenvalue weighted by atomic mass is 9.92. The van der Waals surface area contributed by atoms with E-state index in [0.717, 1.165) is 11.8 Å². The summed E-state index contributed by atoms with van der Waals surface area (Å²) in [6.45, 7) is 4.60. The van der Waals surface area contributed by atoms with Gasteiger partial charge in [-0.15, -0.1) is 11.6 Å². The van der Waals surface area contributed by atoms with Gasteiger partial charge in [-0.2, -0.15) is 0 Å². The van der Waals surface area contributed by atoms with Gasteiger partial charge in [0.15, 0.2) is 0 Å². The second kappa shape index (κ2) is 6.71. The van der Waals surface area contributed by atoms with Crippen LogP contribution in [0.1, 0.15) is 65.2 Å². The van der Waals surface area contributed by atoms with Crippen molar-refractivity contribution in [1.82, 2.24) is 0 Å². The summed E-state index contributed by atoms with van der Waals surface area (Å²) in [4.78, 5) is 0. The third kappa shape index (κ3) is 3.81. The molecule has 14 heavy (non-hydrogen) atoms. The van der Waals surface area contributed by atoms with Gasteiger partial charge in [0.05, 0.1) is 0 Å². The van der Waals surface area contributed by atoms with E-state index < -0.39 is 0 Å². The minimum absolute atomic E-state index is 0.470. The van der Waals surface area contributed by atoms with Crippen LogP contribution in [0.25, 0.3) is 0 Å². The lowest BCUT2D eigenvalue weighted by molar-refractivity contribution is 0.400. The predicted octanol–water partition coefficient (Wildman–Crippen LogP) is 5.00. The summed E-state index contributed by atoms with van der Waals surface area (Å²) in [5.74, 6) is 1.75. The Morgan fingerprint density at radius 2 is 1.64 bits per heavy atom. The fraction of sp³-hybridized carbons (Fsp3) is 1.00. The summed E-state index contributed by atoms with van der Waals surface area (Å²) in [7, 11) is 0. The van der Waals surface area contributed by atoms with Crippen LogP contribution in [0.5, 0.6) is 0 Å². The topological polar surface area (TPSA) is 0 Å². The van der Waals surface area contributed by atoms with Crippen LogP contribution < -0.4 is 0 Å². The number of halogens is 1. The second-order valence-electron chi connectivity index (χ2n) is 4.82. The Hall–Kier alpha value is 0.290. The summed E-state index contributed by atoms with van der Waals surface area (Å²) in [5, 5.41) is 0.470. The summed E-state index contributed by atoms with van der Waals surface area (Å²) < 4.78 is 0. The van der Waals surface area contributed by atoms with E-state index in [0.29, 0.717) is 5.38 Å².